The summed E-state index contributed by atoms with van der Waals surface area (Å²) in [7, 11) is 0. The highest BCUT2D eigenvalue weighted by Gasteiger charge is 2.25. The summed E-state index contributed by atoms with van der Waals surface area (Å²) in [6.07, 6.45) is 8.97. The summed E-state index contributed by atoms with van der Waals surface area (Å²) in [5.74, 6) is 1.16. The number of benzene rings is 6. The van der Waals surface area contributed by atoms with Gasteiger partial charge in [-0.2, -0.15) is 0 Å². The Balaban J connectivity index is 1.59. The molecule has 0 radical (unpaired) electrons. The average molecular weight is 736 g/mol. The number of carbonyl (C=O) groups excluding carboxylic acids is 2. The van der Waals surface area contributed by atoms with Gasteiger partial charge >= 0.3 is 11.9 Å². The normalized spacial score (nSPS) is 12.8. The molecule has 2 unspecified atom stereocenters. The van der Waals surface area contributed by atoms with Crippen molar-refractivity contribution in [2.45, 2.75) is 91.9 Å². The van der Waals surface area contributed by atoms with Crippen molar-refractivity contribution in [1.29, 1.82) is 0 Å². The van der Waals surface area contributed by atoms with Crippen LogP contribution < -0.4 is 9.47 Å². The second-order valence-electron chi connectivity index (χ2n) is 14.1. The first-order chi connectivity index (χ1) is 25.3. The molecule has 0 saturated carbocycles. The van der Waals surface area contributed by atoms with E-state index in [9.17, 15) is 9.59 Å². The Labute approximate surface area is 317 Å². The number of unbranched alkanes of at least 4 members (excludes halogenated alkanes) is 2. The molecule has 0 aliphatic rings. The first kappa shape index (κ1) is 37.6. The van der Waals surface area contributed by atoms with Crippen LogP contribution >= 0.6 is 23.2 Å². The summed E-state index contributed by atoms with van der Waals surface area (Å²) in [5.41, 5.74) is 1.88. The van der Waals surface area contributed by atoms with Crippen molar-refractivity contribution >= 4 is 78.2 Å². The Morgan fingerprint density at radius 1 is 0.519 bits per heavy atom. The minimum atomic E-state index is -0.231. The predicted molar refractivity (Wildman–Crippen MR) is 219 cm³/mol. The predicted octanol–water partition coefficient (Wildman–Crippen LogP) is 14.3. The van der Waals surface area contributed by atoms with Crippen molar-refractivity contribution in [2.75, 3.05) is 0 Å². The van der Waals surface area contributed by atoms with Crippen LogP contribution in [0.4, 0.5) is 0 Å². The first-order valence-corrected chi connectivity index (χ1v) is 19.7. The molecule has 6 heteroatoms. The maximum absolute atomic E-state index is 13.6. The van der Waals surface area contributed by atoms with Gasteiger partial charge in [0.15, 0.2) is 0 Å². The molecule has 0 aliphatic carbocycles. The van der Waals surface area contributed by atoms with Crippen molar-refractivity contribution in [1.82, 2.24) is 0 Å². The monoisotopic (exact) mass is 734 g/mol. The zero-order valence-corrected chi connectivity index (χ0v) is 32.2. The molecule has 0 saturated heterocycles. The molecule has 2 atom stereocenters. The van der Waals surface area contributed by atoms with E-state index in [-0.39, 0.29) is 23.8 Å². The number of esters is 2. The van der Waals surface area contributed by atoms with Crippen LogP contribution in [0.3, 0.4) is 0 Å². The van der Waals surface area contributed by atoms with Crippen molar-refractivity contribution < 1.29 is 19.1 Å². The Morgan fingerprint density at radius 3 is 1.25 bits per heavy atom. The molecule has 0 N–H and O–H groups in total. The Morgan fingerprint density at radius 2 is 0.885 bits per heavy atom. The van der Waals surface area contributed by atoms with Crippen LogP contribution in [0.25, 0.3) is 54.2 Å². The quantitative estimate of drug-likeness (QED) is 0.0599. The molecule has 6 aromatic rings. The lowest BCUT2D eigenvalue weighted by Gasteiger charge is -2.22. The SMILES string of the molecule is CCCCC(CC)CC(=O)Oc1c2ccccc2c(-c2c3ccccc3c(OC(=O)CC(CC)CCCC)c3ccc(Cl)cc23)c2cc(Cl)ccc12. The molecule has 0 heterocycles. The molecule has 0 fully saturated rings. The molecule has 0 spiro atoms. The molecule has 0 amide bonds. The Bertz CT molecular complexity index is 2080. The van der Waals surface area contributed by atoms with E-state index in [1.54, 1.807) is 0 Å². The molecule has 52 heavy (non-hydrogen) atoms. The lowest BCUT2D eigenvalue weighted by Crippen LogP contribution is -2.14. The third-order valence-corrected chi connectivity index (χ3v) is 11.0. The molecule has 6 rings (SSSR count). The summed E-state index contributed by atoms with van der Waals surface area (Å²) >= 11 is 13.5. The minimum Gasteiger partial charge on any atom is -0.425 e. The van der Waals surface area contributed by atoms with E-state index in [2.05, 4.69) is 39.8 Å². The average Bonchev–Trinajstić information content (AvgIpc) is 3.15. The Hall–Kier alpha value is -4.12. The number of carbonyl (C=O) groups is 2. The van der Waals surface area contributed by atoms with Crippen molar-refractivity contribution in [3.8, 4) is 22.6 Å². The fourth-order valence-corrected chi connectivity index (χ4v) is 7.99. The number of hydrogen-bond acceptors (Lipinski definition) is 4. The van der Waals surface area contributed by atoms with Crippen molar-refractivity contribution in [2.24, 2.45) is 11.8 Å². The maximum atomic E-state index is 13.6. The highest BCUT2D eigenvalue weighted by molar-refractivity contribution is 6.34. The molecule has 0 aromatic heterocycles. The fraction of sp³-hybridized carbons (Fsp3) is 0.348. The fourth-order valence-electron chi connectivity index (χ4n) is 7.65. The van der Waals surface area contributed by atoms with Crippen molar-refractivity contribution in [3.63, 3.8) is 0 Å². The number of hydrogen-bond donors (Lipinski definition) is 0. The van der Waals surface area contributed by atoms with Gasteiger partial charge in [-0.15, -0.1) is 0 Å². The molecule has 0 bridgehead atoms. The van der Waals surface area contributed by atoms with Gasteiger partial charge in [0, 0.05) is 44.4 Å². The van der Waals surface area contributed by atoms with E-state index in [4.69, 9.17) is 32.7 Å². The van der Waals surface area contributed by atoms with Gasteiger partial charge in [0.25, 0.3) is 0 Å². The Kier molecular flexibility index (Phi) is 12.4. The van der Waals surface area contributed by atoms with Crippen LogP contribution in [0.5, 0.6) is 11.5 Å². The van der Waals surface area contributed by atoms with E-state index in [0.29, 0.717) is 34.4 Å². The van der Waals surface area contributed by atoms with Gasteiger partial charge in [0.2, 0.25) is 0 Å². The van der Waals surface area contributed by atoms with Crippen molar-refractivity contribution in [3.05, 3.63) is 95.0 Å². The highest BCUT2D eigenvalue weighted by Crippen LogP contribution is 2.50. The van der Waals surface area contributed by atoms with Crippen LogP contribution in [0.15, 0.2) is 84.9 Å². The van der Waals surface area contributed by atoms with Crippen LogP contribution in [-0.2, 0) is 9.59 Å². The zero-order chi connectivity index (χ0) is 36.8. The van der Waals surface area contributed by atoms with E-state index in [0.717, 1.165) is 106 Å². The lowest BCUT2D eigenvalue weighted by molar-refractivity contribution is -0.136. The van der Waals surface area contributed by atoms with Crippen LogP contribution in [0, 0.1) is 11.8 Å². The van der Waals surface area contributed by atoms with Gasteiger partial charge in [-0.05, 0) is 93.7 Å². The van der Waals surface area contributed by atoms with Gasteiger partial charge in [-0.3, -0.25) is 9.59 Å². The number of fused-ring (bicyclic) bond motifs is 4. The van der Waals surface area contributed by atoms with Crippen LogP contribution in [0.1, 0.15) is 91.9 Å². The number of rotatable bonds is 15. The van der Waals surface area contributed by atoms with E-state index < -0.39 is 0 Å². The second-order valence-corrected chi connectivity index (χ2v) is 14.9. The van der Waals surface area contributed by atoms with E-state index >= 15 is 0 Å². The van der Waals surface area contributed by atoms with E-state index in [1.165, 1.54) is 0 Å². The summed E-state index contributed by atoms with van der Waals surface area (Å²) in [6, 6.07) is 27.6. The standard InChI is InChI=1S/C46H48Cl2O4/c1-5-9-15-29(7-3)25-41(49)51-45-35-19-13-11-17-33(35)43(39-27-31(47)21-23-37(39)45)44-34-18-12-14-20-36(34)46(38-24-22-32(48)28-40(38)44)52-42(50)26-30(8-4)16-10-6-2/h11-14,17-24,27-30H,5-10,15-16,25-26H2,1-4H3. The third-order valence-electron chi connectivity index (χ3n) is 10.6. The van der Waals surface area contributed by atoms with Gasteiger partial charge in [-0.1, -0.05) is 138 Å². The highest BCUT2D eigenvalue weighted by atomic mass is 35.5. The zero-order valence-electron chi connectivity index (χ0n) is 30.7. The first-order valence-electron chi connectivity index (χ1n) is 19.0. The smallest absolute Gasteiger partial charge is 0.311 e. The maximum Gasteiger partial charge on any atom is 0.311 e. The number of ether oxygens (including phenoxy) is 2. The minimum absolute atomic E-state index is 0.231. The topological polar surface area (TPSA) is 52.6 Å². The summed E-state index contributed by atoms with van der Waals surface area (Å²) in [5, 5.41) is 7.91. The van der Waals surface area contributed by atoms with Crippen LogP contribution in [0.2, 0.25) is 10.0 Å². The largest absolute Gasteiger partial charge is 0.425 e. The van der Waals surface area contributed by atoms with Gasteiger partial charge in [0.1, 0.15) is 11.5 Å². The van der Waals surface area contributed by atoms with Crippen LogP contribution in [-0.4, -0.2) is 11.9 Å². The molecule has 4 nitrogen and oxygen atoms in total. The van der Waals surface area contributed by atoms with E-state index in [1.807, 2.05) is 72.8 Å². The van der Waals surface area contributed by atoms with Gasteiger partial charge in [0.05, 0.1) is 0 Å². The number of halogens is 2. The second kappa shape index (κ2) is 17.1. The molecule has 0 aliphatic heterocycles. The summed E-state index contributed by atoms with van der Waals surface area (Å²) in [6.45, 7) is 8.62. The van der Waals surface area contributed by atoms with Gasteiger partial charge in [-0.25, -0.2) is 0 Å². The summed E-state index contributed by atoms with van der Waals surface area (Å²) < 4.78 is 12.7. The lowest BCUT2D eigenvalue weighted by atomic mass is 9.85. The van der Waals surface area contributed by atoms with Gasteiger partial charge < -0.3 is 9.47 Å². The third kappa shape index (κ3) is 7.94. The molecular weight excluding hydrogens is 687 g/mol. The molecule has 6 aromatic carbocycles. The molecular formula is C46H48Cl2O4. The summed E-state index contributed by atoms with van der Waals surface area (Å²) in [4.78, 5) is 27.2. The molecule has 270 valence electrons.